The summed E-state index contributed by atoms with van der Waals surface area (Å²) in [6, 6.07) is 5.87. The van der Waals surface area contributed by atoms with Crippen molar-refractivity contribution in [2.24, 2.45) is 0 Å². The number of fused-ring (bicyclic) bond motifs is 1. The maximum Gasteiger partial charge on any atom is 0.226 e. The number of ether oxygens (including phenoxy) is 2. The maximum atomic E-state index is 12.3. The van der Waals surface area contributed by atoms with E-state index in [-0.39, 0.29) is 11.8 Å². The highest BCUT2D eigenvalue weighted by atomic mass is 32.1. The highest BCUT2D eigenvalue weighted by Crippen LogP contribution is 2.45. The number of benzene rings is 1. The summed E-state index contributed by atoms with van der Waals surface area (Å²) in [6.45, 7) is 2.09. The first-order chi connectivity index (χ1) is 12.7. The summed E-state index contributed by atoms with van der Waals surface area (Å²) in [5, 5.41) is 3.96. The molecule has 0 saturated carbocycles. The molecule has 2 aromatic rings. The van der Waals surface area contributed by atoms with Crippen LogP contribution in [-0.2, 0) is 4.79 Å². The minimum absolute atomic E-state index is 0.00500. The predicted octanol–water partition coefficient (Wildman–Crippen LogP) is 3.62. The van der Waals surface area contributed by atoms with Gasteiger partial charge in [0.2, 0.25) is 5.91 Å². The molecule has 2 aliphatic heterocycles. The van der Waals surface area contributed by atoms with Gasteiger partial charge in [-0.1, -0.05) is 17.4 Å². The summed E-state index contributed by atoms with van der Waals surface area (Å²) in [4.78, 5) is 20.5. The second-order valence-corrected chi connectivity index (χ2v) is 7.69. The second kappa shape index (κ2) is 7.15. The van der Waals surface area contributed by atoms with Crippen molar-refractivity contribution in [1.82, 2.24) is 4.98 Å². The van der Waals surface area contributed by atoms with Crippen LogP contribution in [0.2, 0.25) is 0 Å². The lowest BCUT2D eigenvalue weighted by Gasteiger charge is -2.25. The Hall–Kier alpha value is -2.28. The van der Waals surface area contributed by atoms with Crippen molar-refractivity contribution in [3.63, 3.8) is 0 Å². The molecule has 4 rings (SSSR count). The lowest BCUT2D eigenvalue weighted by Crippen LogP contribution is -2.29. The van der Waals surface area contributed by atoms with Gasteiger partial charge >= 0.3 is 0 Å². The van der Waals surface area contributed by atoms with Gasteiger partial charge in [-0.3, -0.25) is 4.79 Å². The third-order valence-corrected chi connectivity index (χ3v) is 6.27. The standard InChI is InChI=1S/C19H23N3O3S/c1-24-14-7-6-12(10-15(14)25-2)13-11-16(23)20-18-17(13)26-19(21-18)22-8-4-3-5-9-22/h6-7,10,13H,3-5,8-9,11H2,1-2H3,(H,20,23)/t13-/m0/s1. The van der Waals surface area contributed by atoms with E-state index in [9.17, 15) is 4.79 Å². The van der Waals surface area contributed by atoms with Gasteiger partial charge < -0.3 is 19.7 Å². The molecular formula is C19H23N3O3S. The van der Waals surface area contributed by atoms with Gasteiger partial charge in [0.15, 0.2) is 16.6 Å². The number of rotatable bonds is 4. The normalized spacial score (nSPS) is 19.7. The lowest BCUT2D eigenvalue weighted by atomic mass is 9.91. The lowest BCUT2D eigenvalue weighted by molar-refractivity contribution is -0.116. The first kappa shape index (κ1) is 17.1. The Bertz CT molecular complexity index is 814. The molecule has 1 atom stereocenters. The fourth-order valence-electron chi connectivity index (χ4n) is 3.67. The molecule has 1 aromatic heterocycles. The van der Waals surface area contributed by atoms with Crippen molar-refractivity contribution in [2.45, 2.75) is 31.6 Å². The molecule has 1 fully saturated rings. The molecule has 1 amide bonds. The van der Waals surface area contributed by atoms with Gasteiger partial charge in [-0.2, -0.15) is 0 Å². The molecule has 0 bridgehead atoms. The minimum Gasteiger partial charge on any atom is -0.493 e. The van der Waals surface area contributed by atoms with Crippen LogP contribution in [0.3, 0.4) is 0 Å². The highest BCUT2D eigenvalue weighted by Gasteiger charge is 2.32. The van der Waals surface area contributed by atoms with Crippen LogP contribution >= 0.6 is 11.3 Å². The summed E-state index contributed by atoms with van der Waals surface area (Å²) in [7, 11) is 3.25. The predicted molar refractivity (Wildman–Crippen MR) is 103 cm³/mol. The van der Waals surface area contributed by atoms with Crippen LogP contribution in [0.1, 0.15) is 42.0 Å². The van der Waals surface area contributed by atoms with Crippen molar-refractivity contribution >= 4 is 28.2 Å². The molecule has 3 heterocycles. The van der Waals surface area contributed by atoms with Crippen molar-refractivity contribution in [2.75, 3.05) is 37.5 Å². The van der Waals surface area contributed by atoms with E-state index in [0.29, 0.717) is 23.7 Å². The number of thiazole rings is 1. The monoisotopic (exact) mass is 373 g/mol. The SMILES string of the molecule is COc1ccc([C@@H]2CC(=O)Nc3nc(N4CCCCC4)sc32)cc1OC. The quantitative estimate of drug-likeness (QED) is 0.887. The fourth-order valence-corrected chi connectivity index (χ4v) is 4.87. The van der Waals surface area contributed by atoms with Crippen molar-refractivity contribution in [3.05, 3.63) is 28.6 Å². The minimum atomic E-state index is -0.00500. The van der Waals surface area contributed by atoms with Crippen molar-refractivity contribution < 1.29 is 14.3 Å². The van der Waals surface area contributed by atoms with E-state index in [1.807, 2.05) is 18.2 Å². The summed E-state index contributed by atoms with van der Waals surface area (Å²) < 4.78 is 10.8. The Labute approximate surface area is 157 Å². The smallest absolute Gasteiger partial charge is 0.226 e. The number of aromatic nitrogens is 1. The van der Waals surface area contributed by atoms with Crippen LogP contribution in [0.5, 0.6) is 11.5 Å². The molecule has 6 nitrogen and oxygen atoms in total. The summed E-state index contributed by atoms with van der Waals surface area (Å²) in [5.74, 6) is 2.09. The molecule has 26 heavy (non-hydrogen) atoms. The number of hydrogen-bond donors (Lipinski definition) is 1. The molecule has 1 N–H and O–H groups in total. The Kier molecular flexibility index (Phi) is 4.72. The Morgan fingerprint density at radius 3 is 2.65 bits per heavy atom. The molecule has 2 aliphatic rings. The zero-order chi connectivity index (χ0) is 18.1. The van der Waals surface area contributed by atoms with Gasteiger partial charge in [-0.25, -0.2) is 4.98 Å². The number of anilines is 2. The third kappa shape index (κ3) is 3.11. The largest absolute Gasteiger partial charge is 0.493 e. The van der Waals surface area contributed by atoms with Crippen LogP contribution in [0, 0.1) is 0 Å². The average molecular weight is 373 g/mol. The number of methoxy groups -OCH3 is 2. The Morgan fingerprint density at radius 1 is 1.15 bits per heavy atom. The zero-order valence-electron chi connectivity index (χ0n) is 15.1. The second-order valence-electron chi connectivity index (χ2n) is 6.68. The van der Waals surface area contributed by atoms with E-state index in [2.05, 4.69) is 10.2 Å². The average Bonchev–Trinajstić information content (AvgIpc) is 3.11. The number of carbonyl (C=O) groups excluding carboxylic acids is 1. The Balaban J connectivity index is 1.70. The summed E-state index contributed by atoms with van der Waals surface area (Å²) in [6.07, 6.45) is 4.11. The molecule has 1 saturated heterocycles. The first-order valence-corrected chi connectivity index (χ1v) is 9.78. The number of nitrogens with zero attached hydrogens (tertiary/aromatic N) is 2. The Morgan fingerprint density at radius 2 is 1.92 bits per heavy atom. The van der Waals surface area contributed by atoms with E-state index < -0.39 is 0 Å². The van der Waals surface area contributed by atoms with Gasteiger partial charge in [0.05, 0.1) is 19.1 Å². The van der Waals surface area contributed by atoms with E-state index in [4.69, 9.17) is 14.5 Å². The molecule has 0 unspecified atom stereocenters. The molecule has 0 spiro atoms. The van der Waals surface area contributed by atoms with Crippen molar-refractivity contribution in [3.8, 4) is 11.5 Å². The number of hydrogen-bond acceptors (Lipinski definition) is 6. The number of nitrogens with one attached hydrogen (secondary N) is 1. The van der Waals surface area contributed by atoms with Gasteiger partial charge in [-0.05, 0) is 37.0 Å². The molecular weight excluding hydrogens is 350 g/mol. The number of amides is 1. The first-order valence-electron chi connectivity index (χ1n) is 8.97. The molecule has 7 heteroatoms. The molecule has 138 valence electrons. The molecule has 1 aromatic carbocycles. The van der Waals surface area contributed by atoms with Gasteiger partial charge in [-0.15, -0.1) is 0 Å². The van der Waals surface area contributed by atoms with Crippen molar-refractivity contribution in [1.29, 1.82) is 0 Å². The number of carbonyl (C=O) groups is 1. The summed E-state index contributed by atoms with van der Waals surface area (Å²) in [5.41, 5.74) is 1.05. The van der Waals surface area contributed by atoms with E-state index in [0.717, 1.165) is 28.7 Å². The van der Waals surface area contributed by atoms with E-state index in [1.54, 1.807) is 25.6 Å². The maximum absolute atomic E-state index is 12.3. The fraction of sp³-hybridized carbons (Fsp3) is 0.474. The van der Waals surface area contributed by atoms with E-state index in [1.165, 1.54) is 19.3 Å². The van der Waals surface area contributed by atoms with Gasteiger partial charge in [0, 0.05) is 25.4 Å². The topological polar surface area (TPSA) is 63.7 Å². The highest BCUT2D eigenvalue weighted by molar-refractivity contribution is 7.16. The van der Waals surface area contributed by atoms with E-state index >= 15 is 0 Å². The van der Waals surface area contributed by atoms with Gasteiger partial charge in [0.25, 0.3) is 0 Å². The number of piperidine rings is 1. The van der Waals surface area contributed by atoms with Crippen LogP contribution < -0.4 is 19.7 Å². The summed E-state index contributed by atoms with van der Waals surface area (Å²) >= 11 is 1.70. The van der Waals surface area contributed by atoms with Crippen LogP contribution in [0.4, 0.5) is 10.9 Å². The van der Waals surface area contributed by atoms with Crippen LogP contribution in [-0.4, -0.2) is 38.2 Å². The molecule has 0 aliphatic carbocycles. The molecule has 0 radical (unpaired) electrons. The van der Waals surface area contributed by atoms with Crippen LogP contribution in [0.15, 0.2) is 18.2 Å². The van der Waals surface area contributed by atoms with Gasteiger partial charge in [0.1, 0.15) is 5.82 Å². The van der Waals surface area contributed by atoms with Crippen LogP contribution in [0.25, 0.3) is 0 Å². The third-order valence-electron chi connectivity index (χ3n) is 5.04. The zero-order valence-corrected chi connectivity index (χ0v) is 15.9.